The third kappa shape index (κ3) is 3.21. The van der Waals surface area contributed by atoms with Crippen molar-refractivity contribution in [1.29, 1.82) is 0 Å². The van der Waals surface area contributed by atoms with Crippen LogP contribution in [0.2, 0.25) is 0 Å². The van der Waals surface area contributed by atoms with E-state index in [0.29, 0.717) is 30.0 Å². The quantitative estimate of drug-likeness (QED) is 0.941. The lowest BCUT2D eigenvalue weighted by molar-refractivity contribution is -0.132. The molecule has 2 heterocycles. The minimum absolute atomic E-state index is 0.00000912. The zero-order chi connectivity index (χ0) is 16.4. The second-order valence-corrected chi connectivity index (χ2v) is 5.60. The fraction of sp³-hybridized carbons (Fsp3) is 0.294. The van der Waals surface area contributed by atoms with Crippen LogP contribution in [-0.4, -0.2) is 36.4 Å². The summed E-state index contributed by atoms with van der Waals surface area (Å²) in [6, 6.07) is 6.94. The number of rotatable bonds is 4. The van der Waals surface area contributed by atoms with Gasteiger partial charge in [-0.1, -0.05) is 0 Å². The van der Waals surface area contributed by atoms with Crippen molar-refractivity contribution < 1.29 is 18.7 Å². The zero-order valence-corrected chi connectivity index (χ0v) is 13.0. The Kier molecular flexibility index (Phi) is 4.06. The van der Waals surface area contributed by atoms with Gasteiger partial charge in [0.25, 0.3) is 11.8 Å². The van der Waals surface area contributed by atoms with Gasteiger partial charge >= 0.3 is 0 Å². The number of carbonyl (C=O) groups is 2. The van der Waals surface area contributed by atoms with Crippen molar-refractivity contribution in [2.75, 3.05) is 18.9 Å². The van der Waals surface area contributed by atoms with E-state index in [0.717, 1.165) is 5.56 Å². The molecular weight excluding hydrogens is 296 g/mol. The Morgan fingerprint density at radius 3 is 2.83 bits per heavy atom. The highest BCUT2D eigenvalue weighted by Gasteiger charge is 2.30. The van der Waals surface area contributed by atoms with Crippen molar-refractivity contribution in [3.63, 3.8) is 0 Å². The molecule has 0 unspecified atom stereocenters. The summed E-state index contributed by atoms with van der Waals surface area (Å²) in [4.78, 5) is 25.6. The molecule has 1 aliphatic rings. The first kappa shape index (κ1) is 15.1. The standard InChI is InChI=1S/C17H18N2O4/c1-11-9-13(23-15-5-7-19(2)17(15)21)3-4-14(11)18-16(20)12-6-8-22-10-12/h3-4,6,8-10,15H,5,7H2,1-2H3,(H,18,20)/t15-/m0/s1. The van der Waals surface area contributed by atoms with Gasteiger partial charge in [0.2, 0.25) is 0 Å². The van der Waals surface area contributed by atoms with Crippen LogP contribution in [0.5, 0.6) is 5.75 Å². The lowest BCUT2D eigenvalue weighted by Crippen LogP contribution is -2.29. The number of anilines is 1. The first-order valence-electron chi connectivity index (χ1n) is 7.40. The van der Waals surface area contributed by atoms with Crippen LogP contribution in [0.3, 0.4) is 0 Å². The van der Waals surface area contributed by atoms with E-state index in [9.17, 15) is 9.59 Å². The van der Waals surface area contributed by atoms with Gasteiger partial charge in [-0.05, 0) is 36.8 Å². The van der Waals surface area contributed by atoms with Crippen LogP contribution in [-0.2, 0) is 4.79 Å². The van der Waals surface area contributed by atoms with Crippen molar-refractivity contribution in [1.82, 2.24) is 4.90 Å². The van der Waals surface area contributed by atoms with Gasteiger partial charge in [0, 0.05) is 25.7 Å². The molecule has 1 fully saturated rings. The molecule has 2 aromatic rings. The number of hydrogen-bond acceptors (Lipinski definition) is 4. The fourth-order valence-electron chi connectivity index (χ4n) is 2.50. The van der Waals surface area contributed by atoms with Crippen molar-refractivity contribution in [2.45, 2.75) is 19.4 Å². The maximum absolute atomic E-state index is 12.0. The Hall–Kier alpha value is -2.76. The smallest absolute Gasteiger partial charge is 0.263 e. The molecule has 0 saturated carbocycles. The Balaban J connectivity index is 1.68. The molecule has 1 aliphatic heterocycles. The van der Waals surface area contributed by atoms with E-state index in [1.807, 2.05) is 13.0 Å². The number of nitrogens with zero attached hydrogens (tertiary/aromatic N) is 1. The van der Waals surface area contributed by atoms with Gasteiger partial charge in [-0.2, -0.15) is 0 Å². The van der Waals surface area contributed by atoms with Gasteiger partial charge in [0.1, 0.15) is 12.0 Å². The number of likely N-dealkylation sites (tertiary alicyclic amines) is 1. The summed E-state index contributed by atoms with van der Waals surface area (Å²) in [5.41, 5.74) is 2.01. The molecule has 1 atom stereocenters. The Bertz CT molecular complexity index is 724. The molecule has 1 saturated heterocycles. The van der Waals surface area contributed by atoms with E-state index in [4.69, 9.17) is 9.15 Å². The van der Waals surface area contributed by atoms with Crippen LogP contribution in [0.15, 0.2) is 41.2 Å². The minimum atomic E-state index is -0.425. The average Bonchev–Trinajstić information content (AvgIpc) is 3.16. The van der Waals surface area contributed by atoms with E-state index in [1.54, 1.807) is 30.1 Å². The number of benzene rings is 1. The van der Waals surface area contributed by atoms with Crippen LogP contribution in [0.25, 0.3) is 0 Å². The van der Waals surface area contributed by atoms with E-state index < -0.39 is 6.10 Å². The van der Waals surface area contributed by atoms with Crippen molar-refractivity contribution in [3.8, 4) is 5.75 Å². The highest BCUT2D eigenvalue weighted by Crippen LogP contribution is 2.25. The molecule has 1 aromatic carbocycles. The van der Waals surface area contributed by atoms with E-state index in [2.05, 4.69) is 5.32 Å². The maximum Gasteiger partial charge on any atom is 0.263 e. The number of nitrogens with one attached hydrogen (secondary N) is 1. The normalized spacial score (nSPS) is 17.4. The predicted octanol–water partition coefficient (Wildman–Crippen LogP) is 2.45. The number of likely N-dealkylation sites (N-methyl/N-ethyl adjacent to an activating group) is 1. The summed E-state index contributed by atoms with van der Waals surface area (Å²) in [7, 11) is 1.77. The topological polar surface area (TPSA) is 71.8 Å². The van der Waals surface area contributed by atoms with Gasteiger partial charge < -0.3 is 19.4 Å². The van der Waals surface area contributed by atoms with Gasteiger partial charge in [0.05, 0.1) is 11.8 Å². The van der Waals surface area contributed by atoms with E-state index >= 15 is 0 Å². The second kappa shape index (κ2) is 6.16. The summed E-state index contributed by atoms with van der Waals surface area (Å²) in [6.07, 6.45) is 3.11. The van der Waals surface area contributed by atoms with Crippen LogP contribution < -0.4 is 10.1 Å². The summed E-state index contributed by atoms with van der Waals surface area (Å²) < 4.78 is 10.7. The Morgan fingerprint density at radius 2 is 2.22 bits per heavy atom. The van der Waals surface area contributed by atoms with Crippen LogP contribution in [0.4, 0.5) is 5.69 Å². The van der Waals surface area contributed by atoms with E-state index in [1.165, 1.54) is 12.5 Å². The van der Waals surface area contributed by atoms with Crippen LogP contribution in [0.1, 0.15) is 22.3 Å². The average molecular weight is 314 g/mol. The first-order chi connectivity index (χ1) is 11.0. The lowest BCUT2D eigenvalue weighted by Gasteiger charge is -2.15. The van der Waals surface area contributed by atoms with Gasteiger partial charge in [0.15, 0.2) is 6.10 Å². The molecule has 1 aromatic heterocycles. The molecule has 6 heteroatoms. The van der Waals surface area contributed by atoms with E-state index in [-0.39, 0.29) is 11.8 Å². The first-order valence-corrected chi connectivity index (χ1v) is 7.40. The summed E-state index contributed by atoms with van der Waals surface area (Å²) in [6.45, 7) is 2.59. The molecule has 0 radical (unpaired) electrons. The molecule has 23 heavy (non-hydrogen) atoms. The summed E-state index contributed by atoms with van der Waals surface area (Å²) in [5, 5.41) is 2.82. The van der Waals surface area contributed by atoms with Crippen LogP contribution in [0, 0.1) is 6.92 Å². The van der Waals surface area contributed by atoms with Crippen LogP contribution >= 0.6 is 0 Å². The van der Waals surface area contributed by atoms with Gasteiger partial charge in [-0.15, -0.1) is 0 Å². The van der Waals surface area contributed by atoms with Gasteiger partial charge in [-0.25, -0.2) is 0 Å². The number of aryl methyl sites for hydroxylation is 1. The molecule has 0 spiro atoms. The van der Waals surface area contributed by atoms with Crippen molar-refractivity contribution >= 4 is 17.5 Å². The molecule has 3 rings (SSSR count). The third-order valence-corrected chi connectivity index (χ3v) is 3.89. The molecule has 6 nitrogen and oxygen atoms in total. The van der Waals surface area contributed by atoms with Crippen molar-refractivity contribution in [2.24, 2.45) is 0 Å². The number of furan rings is 1. The maximum atomic E-state index is 12.0. The highest BCUT2D eigenvalue weighted by atomic mass is 16.5. The monoisotopic (exact) mass is 314 g/mol. The SMILES string of the molecule is Cc1cc(O[C@H]2CCN(C)C2=O)ccc1NC(=O)c1ccoc1. The Labute approximate surface area is 134 Å². The Morgan fingerprint density at radius 1 is 1.39 bits per heavy atom. The second-order valence-electron chi connectivity index (χ2n) is 5.60. The molecule has 1 N–H and O–H groups in total. The molecule has 120 valence electrons. The summed E-state index contributed by atoms with van der Waals surface area (Å²) in [5.74, 6) is 0.389. The predicted molar refractivity (Wildman–Crippen MR) is 84.5 cm³/mol. The number of carbonyl (C=O) groups excluding carboxylic acids is 2. The fourth-order valence-corrected chi connectivity index (χ4v) is 2.50. The number of hydrogen-bond donors (Lipinski definition) is 1. The molecule has 2 amide bonds. The van der Waals surface area contributed by atoms with Crippen molar-refractivity contribution in [3.05, 3.63) is 47.9 Å². The van der Waals surface area contributed by atoms with Gasteiger partial charge in [-0.3, -0.25) is 9.59 Å². The minimum Gasteiger partial charge on any atom is -0.481 e. The molecule has 0 bridgehead atoms. The number of amides is 2. The molecule has 0 aliphatic carbocycles. The highest BCUT2D eigenvalue weighted by molar-refractivity contribution is 6.04. The zero-order valence-electron chi connectivity index (χ0n) is 13.0. The largest absolute Gasteiger partial charge is 0.481 e. The lowest BCUT2D eigenvalue weighted by atomic mass is 10.1. The summed E-state index contributed by atoms with van der Waals surface area (Å²) >= 11 is 0. The number of ether oxygens (including phenoxy) is 1. The molecular formula is C17H18N2O4. The third-order valence-electron chi connectivity index (χ3n) is 3.89.